The molecule has 0 aliphatic carbocycles. The van der Waals surface area contributed by atoms with Crippen molar-refractivity contribution < 1.29 is 18.7 Å². The second-order valence-corrected chi connectivity index (χ2v) is 6.82. The van der Waals surface area contributed by atoms with E-state index in [0.29, 0.717) is 22.3 Å². The molecular formula is C21H17N3O4S. The first kappa shape index (κ1) is 18.7. The van der Waals surface area contributed by atoms with Gasteiger partial charge in [-0.15, -0.1) is 11.3 Å². The molecule has 0 aliphatic rings. The molecule has 0 atom stereocenters. The molecule has 0 bridgehead atoms. The molecule has 2 heterocycles. The number of esters is 1. The number of hydrogen-bond donors (Lipinski definition) is 1. The van der Waals surface area contributed by atoms with Crippen molar-refractivity contribution >= 4 is 45.3 Å². The summed E-state index contributed by atoms with van der Waals surface area (Å²) in [5, 5.41) is 5.75. The minimum absolute atomic E-state index is 0.0809. The first-order valence-electron chi connectivity index (χ1n) is 8.75. The van der Waals surface area contributed by atoms with Gasteiger partial charge in [-0.05, 0) is 36.4 Å². The monoisotopic (exact) mass is 407 g/mol. The number of thiazole rings is 1. The third-order valence-electron chi connectivity index (χ3n) is 3.93. The summed E-state index contributed by atoms with van der Waals surface area (Å²) in [5.74, 6) is 0.640. The molecule has 0 unspecified atom stereocenters. The molecule has 7 nitrogen and oxygen atoms in total. The number of ether oxygens (including phenoxy) is 2. The summed E-state index contributed by atoms with van der Waals surface area (Å²) in [6.45, 7) is 0.0809. The predicted octanol–water partition coefficient (Wildman–Crippen LogP) is 4.79. The molecule has 0 fully saturated rings. The molecule has 4 aromatic rings. The van der Waals surface area contributed by atoms with Gasteiger partial charge in [-0.25, -0.2) is 14.8 Å². The fourth-order valence-corrected chi connectivity index (χ4v) is 3.24. The predicted molar refractivity (Wildman–Crippen MR) is 111 cm³/mol. The average Bonchev–Trinajstić information content (AvgIpc) is 3.37. The van der Waals surface area contributed by atoms with Crippen LogP contribution in [0.3, 0.4) is 0 Å². The number of nitrogens with one attached hydrogen (secondary N) is 1. The molecule has 146 valence electrons. The van der Waals surface area contributed by atoms with Crippen molar-refractivity contribution in [3.8, 4) is 5.75 Å². The minimum Gasteiger partial charge on any atom is -0.497 e. The number of rotatable bonds is 7. The molecule has 4 rings (SSSR count). The summed E-state index contributed by atoms with van der Waals surface area (Å²) in [5.41, 5.74) is 2.96. The minimum atomic E-state index is -0.495. The highest BCUT2D eigenvalue weighted by Gasteiger charge is 2.06. The van der Waals surface area contributed by atoms with Crippen LogP contribution in [0.1, 0.15) is 11.6 Å². The maximum Gasteiger partial charge on any atom is 0.331 e. The van der Waals surface area contributed by atoms with E-state index in [1.54, 1.807) is 7.11 Å². The van der Waals surface area contributed by atoms with Gasteiger partial charge in [-0.2, -0.15) is 0 Å². The van der Waals surface area contributed by atoms with E-state index in [1.165, 1.54) is 23.5 Å². The number of carbonyl (C=O) groups is 1. The van der Waals surface area contributed by atoms with Crippen molar-refractivity contribution in [2.45, 2.75) is 6.61 Å². The highest BCUT2D eigenvalue weighted by atomic mass is 32.1. The van der Waals surface area contributed by atoms with Crippen molar-refractivity contribution in [3.05, 3.63) is 71.6 Å². The number of para-hydroxylation sites is 2. The van der Waals surface area contributed by atoms with E-state index in [0.717, 1.165) is 17.0 Å². The summed E-state index contributed by atoms with van der Waals surface area (Å²) < 4.78 is 15.9. The Morgan fingerprint density at radius 1 is 1.17 bits per heavy atom. The number of aromatic nitrogens is 2. The van der Waals surface area contributed by atoms with Crippen LogP contribution in [-0.2, 0) is 16.1 Å². The van der Waals surface area contributed by atoms with Gasteiger partial charge in [0, 0.05) is 23.2 Å². The molecule has 0 amide bonds. The number of nitrogens with zero attached hydrogens (tertiary/aromatic N) is 2. The lowest BCUT2D eigenvalue weighted by Crippen LogP contribution is -2.01. The highest BCUT2D eigenvalue weighted by Crippen LogP contribution is 2.23. The van der Waals surface area contributed by atoms with Gasteiger partial charge >= 0.3 is 5.97 Å². The second-order valence-electron chi connectivity index (χ2n) is 5.96. The summed E-state index contributed by atoms with van der Waals surface area (Å²) in [7, 11) is 1.62. The number of fused-ring (bicyclic) bond motifs is 1. The molecule has 0 saturated heterocycles. The first-order valence-corrected chi connectivity index (χ1v) is 9.63. The topological polar surface area (TPSA) is 86.5 Å². The van der Waals surface area contributed by atoms with Gasteiger partial charge in [0.2, 0.25) is 5.89 Å². The fraction of sp³-hybridized carbons (Fsp3) is 0.0952. The number of hydrogen-bond acceptors (Lipinski definition) is 8. The maximum atomic E-state index is 11.9. The van der Waals surface area contributed by atoms with Gasteiger partial charge in [0.05, 0.1) is 12.8 Å². The number of anilines is 2. The van der Waals surface area contributed by atoms with Crippen molar-refractivity contribution in [3.63, 3.8) is 0 Å². The zero-order chi connectivity index (χ0) is 20.1. The smallest absolute Gasteiger partial charge is 0.331 e. The second kappa shape index (κ2) is 8.57. The highest BCUT2D eigenvalue weighted by molar-refractivity contribution is 7.13. The quantitative estimate of drug-likeness (QED) is 0.348. The number of oxazole rings is 1. The van der Waals surface area contributed by atoms with Gasteiger partial charge in [0.25, 0.3) is 0 Å². The van der Waals surface area contributed by atoms with Gasteiger partial charge in [-0.1, -0.05) is 12.1 Å². The van der Waals surface area contributed by atoms with Crippen LogP contribution >= 0.6 is 11.3 Å². The van der Waals surface area contributed by atoms with Crippen molar-refractivity contribution in [2.24, 2.45) is 0 Å². The molecule has 29 heavy (non-hydrogen) atoms. The summed E-state index contributed by atoms with van der Waals surface area (Å²) >= 11 is 1.43. The maximum absolute atomic E-state index is 11.9. The normalized spacial score (nSPS) is 11.1. The van der Waals surface area contributed by atoms with E-state index in [1.807, 2.05) is 53.9 Å². The molecule has 1 N–H and O–H groups in total. The lowest BCUT2D eigenvalue weighted by molar-refractivity contribution is -0.139. The molecule has 2 aromatic heterocycles. The first-order chi connectivity index (χ1) is 14.2. The third-order valence-corrected chi connectivity index (χ3v) is 4.73. The van der Waals surface area contributed by atoms with Crippen LogP contribution in [0.2, 0.25) is 0 Å². The fourth-order valence-electron chi connectivity index (χ4n) is 2.52. The Kier molecular flexibility index (Phi) is 5.53. The van der Waals surface area contributed by atoms with Crippen LogP contribution in [0.5, 0.6) is 5.75 Å². The third kappa shape index (κ3) is 4.80. The van der Waals surface area contributed by atoms with Crippen LogP contribution in [0, 0.1) is 0 Å². The number of carbonyl (C=O) groups excluding carboxylic acids is 1. The molecule has 0 spiro atoms. The van der Waals surface area contributed by atoms with Crippen molar-refractivity contribution in [1.29, 1.82) is 0 Å². The standard InChI is InChI=1S/C21H17N3O4S/c1-26-16-8-6-14(7-9-16)22-21-23-15(13-29-21)12-27-20(25)11-10-19-24-17-4-2-3-5-18(17)28-19/h2-11,13H,12H2,1H3,(H,22,23)/b11-10+. The van der Waals surface area contributed by atoms with E-state index in [4.69, 9.17) is 13.9 Å². The summed E-state index contributed by atoms with van der Waals surface area (Å²) in [6.07, 6.45) is 2.77. The van der Waals surface area contributed by atoms with Gasteiger partial charge in [-0.3, -0.25) is 0 Å². The molecular weight excluding hydrogens is 390 g/mol. The van der Waals surface area contributed by atoms with Gasteiger partial charge < -0.3 is 19.2 Å². The number of methoxy groups -OCH3 is 1. The van der Waals surface area contributed by atoms with Gasteiger partial charge in [0.1, 0.15) is 17.9 Å². The Labute approximate surface area is 170 Å². The molecule has 2 aromatic carbocycles. The van der Waals surface area contributed by atoms with Crippen LogP contribution in [-0.4, -0.2) is 23.0 Å². The van der Waals surface area contributed by atoms with E-state index >= 15 is 0 Å². The van der Waals surface area contributed by atoms with E-state index < -0.39 is 5.97 Å². The zero-order valence-electron chi connectivity index (χ0n) is 15.5. The Morgan fingerprint density at radius 2 is 2.00 bits per heavy atom. The van der Waals surface area contributed by atoms with Crippen LogP contribution in [0.4, 0.5) is 10.8 Å². The Morgan fingerprint density at radius 3 is 2.79 bits per heavy atom. The molecule has 0 aliphatic heterocycles. The molecule has 0 radical (unpaired) electrons. The van der Waals surface area contributed by atoms with Crippen molar-refractivity contribution in [1.82, 2.24) is 9.97 Å². The molecule has 8 heteroatoms. The summed E-state index contributed by atoms with van der Waals surface area (Å²) in [6, 6.07) is 14.9. The van der Waals surface area contributed by atoms with E-state index in [-0.39, 0.29) is 6.61 Å². The Bertz CT molecular complexity index is 1120. The van der Waals surface area contributed by atoms with Gasteiger partial charge in [0.15, 0.2) is 10.7 Å². The van der Waals surface area contributed by atoms with Crippen LogP contribution in [0.25, 0.3) is 17.2 Å². The average molecular weight is 407 g/mol. The number of benzene rings is 2. The van der Waals surface area contributed by atoms with E-state index in [9.17, 15) is 4.79 Å². The SMILES string of the molecule is COc1ccc(Nc2nc(COC(=O)/C=C/c3nc4ccccc4o3)cs2)cc1. The lowest BCUT2D eigenvalue weighted by atomic mass is 10.3. The zero-order valence-corrected chi connectivity index (χ0v) is 16.3. The lowest BCUT2D eigenvalue weighted by Gasteiger charge is -2.04. The Balaban J connectivity index is 1.30. The molecule has 0 saturated carbocycles. The van der Waals surface area contributed by atoms with Crippen LogP contribution in [0.15, 0.2) is 64.4 Å². The van der Waals surface area contributed by atoms with Crippen LogP contribution < -0.4 is 10.1 Å². The van der Waals surface area contributed by atoms with Crippen molar-refractivity contribution in [2.75, 3.05) is 12.4 Å². The Hall–Kier alpha value is -3.65. The van der Waals surface area contributed by atoms with E-state index in [2.05, 4.69) is 15.3 Å². The largest absolute Gasteiger partial charge is 0.497 e. The summed E-state index contributed by atoms with van der Waals surface area (Å²) in [4.78, 5) is 20.6.